The molecule has 37 heavy (non-hydrogen) atoms. The van der Waals surface area contributed by atoms with Gasteiger partial charge in [0.2, 0.25) is 0 Å². The Morgan fingerprint density at radius 2 is 1.89 bits per heavy atom. The number of para-hydroxylation sites is 1. The molecule has 1 fully saturated rings. The van der Waals surface area contributed by atoms with E-state index in [2.05, 4.69) is 0 Å². The molecule has 2 N–H and O–H groups in total. The molecule has 0 saturated carbocycles. The monoisotopic (exact) mass is 521 g/mol. The Morgan fingerprint density at radius 3 is 2.57 bits per heavy atom. The number of hydrogen-bond acceptors (Lipinski definition) is 4. The van der Waals surface area contributed by atoms with Gasteiger partial charge in [-0.25, -0.2) is 4.39 Å². The van der Waals surface area contributed by atoms with Crippen LogP contribution in [0.1, 0.15) is 40.2 Å². The van der Waals surface area contributed by atoms with Crippen molar-refractivity contribution in [3.05, 3.63) is 65.1 Å². The lowest BCUT2D eigenvalue weighted by atomic mass is 9.88. The highest BCUT2D eigenvalue weighted by Crippen LogP contribution is 2.34. The van der Waals surface area contributed by atoms with Crippen LogP contribution in [0, 0.1) is 5.82 Å². The van der Waals surface area contributed by atoms with Crippen molar-refractivity contribution in [2.75, 3.05) is 26.8 Å². The average molecular weight is 522 g/mol. The van der Waals surface area contributed by atoms with Gasteiger partial charge in [0, 0.05) is 44.9 Å². The topological polar surface area (TPSA) is 83.8 Å². The molecule has 4 rings (SSSR count). The van der Waals surface area contributed by atoms with Crippen LogP contribution < -0.4 is 5.32 Å². The molecule has 0 spiro atoms. The zero-order chi connectivity index (χ0) is 26.7. The van der Waals surface area contributed by atoms with Gasteiger partial charge in [0.05, 0.1) is 17.7 Å². The normalized spacial score (nSPS) is 14.8. The Bertz CT molecular complexity index is 1300. The SMILES string of the molecule is COCCn1cc(C(=O)N2CCC(c3cc(CNC(=O)C(F)(F)F)ccc3F)CC2)c2cccc(O)c21. The number of amides is 2. The molecule has 1 saturated heterocycles. The van der Waals surface area contributed by atoms with Crippen LogP contribution in [0.25, 0.3) is 10.9 Å². The van der Waals surface area contributed by atoms with Crippen molar-refractivity contribution in [1.82, 2.24) is 14.8 Å². The first-order valence-electron chi connectivity index (χ1n) is 11.8. The molecule has 198 valence electrons. The smallest absolute Gasteiger partial charge is 0.471 e. The zero-order valence-electron chi connectivity index (χ0n) is 20.1. The lowest BCUT2D eigenvalue weighted by Crippen LogP contribution is -2.38. The largest absolute Gasteiger partial charge is 0.506 e. The maximum atomic E-state index is 14.6. The molecule has 11 heteroatoms. The second-order valence-electron chi connectivity index (χ2n) is 9.01. The van der Waals surface area contributed by atoms with Crippen LogP contribution >= 0.6 is 0 Å². The zero-order valence-corrected chi connectivity index (χ0v) is 20.1. The van der Waals surface area contributed by atoms with Crippen molar-refractivity contribution >= 4 is 22.7 Å². The lowest BCUT2D eigenvalue weighted by molar-refractivity contribution is -0.173. The van der Waals surface area contributed by atoms with E-state index in [0.717, 1.165) is 0 Å². The highest BCUT2D eigenvalue weighted by Gasteiger charge is 2.38. The molecule has 0 aliphatic carbocycles. The standard InChI is InChI=1S/C26H27F4N3O4/c1-37-12-11-33-15-20(18-3-2-4-22(34)23(18)33)24(35)32-9-7-17(8-10-32)19-13-16(5-6-21(19)27)14-31-25(36)26(28,29)30/h2-6,13,15,17,34H,7-12,14H2,1H3,(H,31,36). The summed E-state index contributed by atoms with van der Waals surface area (Å²) in [7, 11) is 1.57. The molecule has 2 amide bonds. The number of likely N-dealkylation sites (tertiary alicyclic amines) is 1. The van der Waals surface area contributed by atoms with E-state index in [1.165, 1.54) is 18.2 Å². The summed E-state index contributed by atoms with van der Waals surface area (Å²) in [5.74, 6) is -2.90. The van der Waals surface area contributed by atoms with Crippen LogP contribution in [0.3, 0.4) is 0 Å². The van der Waals surface area contributed by atoms with Gasteiger partial charge in [-0.15, -0.1) is 0 Å². The van der Waals surface area contributed by atoms with Crippen LogP contribution in [0.5, 0.6) is 5.75 Å². The fourth-order valence-electron chi connectivity index (χ4n) is 4.74. The van der Waals surface area contributed by atoms with Crippen LogP contribution in [-0.2, 0) is 22.6 Å². The van der Waals surface area contributed by atoms with Crippen molar-refractivity contribution in [2.24, 2.45) is 0 Å². The number of hydrogen-bond donors (Lipinski definition) is 2. The summed E-state index contributed by atoms with van der Waals surface area (Å²) in [5.41, 5.74) is 1.71. The number of carbonyl (C=O) groups excluding carboxylic acids is 2. The van der Waals surface area contributed by atoms with E-state index in [4.69, 9.17) is 4.74 Å². The van der Waals surface area contributed by atoms with Crippen molar-refractivity contribution in [2.45, 2.75) is 38.0 Å². The Balaban J connectivity index is 1.46. The molecule has 1 aromatic heterocycles. The number of fused-ring (bicyclic) bond motifs is 1. The van der Waals surface area contributed by atoms with E-state index in [9.17, 15) is 32.3 Å². The van der Waals surface area contributed by atoms with Gasteiger partial charge in [-0.3, -0.25) is 9.59 Å². The number of halogens is 4. The quantitative estimate of drug-likeness (QED) is 0.454. The van der Waals surface area contributed by atoms with Gasteiger partial charge in [0.25, 0.3) is 5.91 Å². The van der Waals surface area contributed by atoms with Gasteiger partial charge < -0.3 is 24.6 Å². The van der Waals surface area contributed by atoms with Crippen molar-refractivity contribution in [1.29, 1.82) is 0 Å². The van der Waals surface area contributed by atoms with E-state index in [-0.39, 0.29) is 24.1 Å². The van der Waals surface area contributed by atoms with Crippen LogP contribution in [0.2, 0.25) is 0 Å². The lowest BCUT2D eigenvalue weighted by Gasteiger charge is -2.32. The average Bonchev–Trinajstić information content (AvgIpc) is 3.25. The predicted molar refractivity (Wildman–Crippen MR) is 128 cm³/mol. The number of ether oxygens (including phenoxy) is 1. The fraction of sp³-hybridized carbons (Fsp3) is 0.385. The van der Waals surface area contributed by atoms with Gasteiger partial charge in [-0.1, -0.05) is 24.3 Å². The van der Waals surface area contributed by atoms with Crippen molar-refractivity contribution in [3.63, 3.8) is 0 Å². The minimum absolute atomic E-state index is 0.0631. The minimum Gasteiger partial charge on any atom is -0.506 e. The molecular weight excluding hydrogens is 494 g/mol. The number of carbonyl (C=O) groups is 2. The van der Waals surface area contributed by atoms with E-state index in [0.29, 0.717) is 66.7 Å². The molecule has 0 radical (unpaired) electrons. The van der Waals surface area contributed by atoms with Crippen molar-refractivity contribution in [3.8, 4) is 5.75 Å². The predicted octanol–water partition coefficient (Wildman–Crippen LogP) is 4.33. The number of nitrogens with zero attached hydrogens (tertiary/aromatic N) is 2. The number of aromatic nitrogens is 1. The molecule has 3 aromatic rings. The maximum Gasteiger partial charge on any atom is 0.471 e. The second-order valence-corrected chi connectivity index (χ2v) is 9.01. The first kappa shape index (κ1) is 26.5. The van der Waals surface area contributed by atoms with E-state index < -0.39 is 17.9 Å². The van der Waals surface area contributed by atoms with Gasteiger partial charge in [-0.05, 0) is 42.0 Å². The third-order valence-electron chi connectivity index (χ3n) is 6.64. The van der Waals surface area contributed by atoms with Gasteiger partial charge in [0.1, 0.15) is 11.6 Å². The summed E-state index contributed by atoms with van der Waals surface area (Å²) in [6.45, 7) is 1.21. The third-order valence-corrected chi connectivity index (χ3v) is 6.64. The fourth-order valence-corrected chi connectivity index (χ4v) is 4.74. The Hall–Kier alpha value is -3.60. The number of piperidine rings is 1. The molecule has 1 aliphatic rings. The third kappa shape index (κ3) is 5.71. The molecule has 0 unspecified atom stereocenters. The molecule has 7 nitrogen and oxygen atoms in total. The number of alkyl halides is 3. The first-order valence-corrected chi connectivity index (χ1v) is 11.8. The Labute approximate surface area is 210 Å². The molecule has 1 aliphatic heterocycles. The summed E-state index contributed by atoms with van der Waals surface area (Å²) in [5, 5.41) is 12.8. The van der Waals surface area contributed by atoms with Gasteiger partial charge in [-0.2, -0.15) is 13.2 Å². The molecule has 0 atom stereocenters. The molecule has 2 aromatic carbocycles. The second kappa shape index (κ2) is 10.8. The highest BCUT2D eigenvalue weighted by atomic mass is 19.4. The summed E-state index contributed by atoms with van der Waals surface area (Å²) in [6, 6.07) is 9.00. The Morgan fingerprint density at radius 1 is 1.16 bits per heavy atom. The molecule has 2 heterocycles. The van der Waals surface area contributed by atoms with Gasteiger partial charge >= 0.3 is 12.1 Å². The number of nitrogens with one attached hydrogen (secondary N) is 1. The van der Waals surface area contributed by atoms with Crippen LogP contribution in [0.4, 0.5) is 17.6 Å². The number of aromatic hydroxyl groups is 1. The highest BCUT2D eigenvalue weighted by molar-refractivity contribution is 6.08. The summed E-state index contributed by atoms with van der Waals surface area (Å²) < 4.78 is 58.9. The maximum absolute atomic E-state index is 14.6. The molecule has 0 bridgehead atoms. The summed E-state index contributed by atoms with van der Waals surface area (Å²) in [4.78, 5) is 26.2. The number of methoxy groups -OCH3 is 1. The number of rotatable bonds is 7. The number of benzene rings is 2. The van der Waals surface area contributed by atoms with Crippen LogP contribution in [0.15, 0.2) is 42.6 Å². The summed E-state index contributed by atoms with van der Waals surface area (Å²) in [6.07, 6.45) is -2.35. The first-order chi connectivity index (χ1) is 17.6. The summed E-state index contributed by atoms with van der Waals surface area (Å²) >= 11 is 0. The number of phenols is 1. The van der Waals surface area contributed by atoms with Gasteiger partial charge in [0.15, 0.2) is 0 Å². The van der Waals surface area contributed by atoms with E-state index >= 15 is 0 Å². The van der Waals surface area contributed by atoms with Crippen molar-refractivity contribution < 1.29 is 37.0 Å². The van der Waals surface area contributed by atoms with Crippen LogP contribution in [-0.4, -0.2) is 59.4 Å². The molecular formula is C26H27F4N3O4. The number of phenolic OH excluding ortho intramolecular Hbond substituents is 1. The van der Waals surface area contributed by atoms with E-state index in [1.54, 1.807) is 46.3 Å². The van der Waals surface area contributed by atoms with E-state index in [1.807, 2.05) is 0 Å². The minimum atomic E-state index is -4.99. The Kier molecular flexibility index (Phi) is 7.72.